The van der Waals surface area contributed by atoms with Crippen molar-refractivity contribution in [1.82, 2.24) is 0 Å². The number of amides is 1. The van der Waals surface area contributed by atoms with Gasteiger partial charge >= 0.3 is 5.97 Å². The van der Waals surface area contributed by atoms with E-state index >= 15 is 0 Å². The van der Waals surface area contributed by atoms with Gasteiger partial charge in [-0.2, -0.15) is 0 Å². The van der Waals surface area contributed by atoms with Crippen LogP contribution in [0.5, 0.6) is 5.75 Å². The second kappa shape index (κ2) is 7.35. The number of esters is 1. The van der Waals surface area contributed by atoms with Crippen molar-refractivity contribution < 1.29 is 19.4 Å². The van der Waals surface area contributed by atoms with Crippen LogP contribution in [0.1, 0.15) is 15.9 Å². The number of ether oxygens (including phenoxy) is 1. The van der Waals surface area contributed by atoms with Gasteiger partial charge in [-0.05, 0) is 42.8 Å². The van der Waals surface area contributed by atoms with E-state index in [4.69, 9.17) is 27.9 Å². The molecule has 0 bridgehead atoms. The first-order valence-corrected chi connectivity index (χ1v) is 7.34. The SMILES string of the molecule is Cc1ccc(NC(=O)COC(=O)c2cc(Cl)ccc2O)c(Cl)c1. The smallest absolute Gasteiger partial charge is 0.342 e. The molecule has 0 aliphatic heterocycles. The molecule has 0 aromatic heterocycles. The van der Waals surface area contributed by atoms with Crippen LogP contribution in [0.4, 0.5) is 5.69 Å². The van der Waals surface area contributed by atoms with Crippen LogP contribution >= 0.6 is 23.2 Å². The molecule has 7 heteroatoms. The van der Waals surface area contributed by atoms with Gasteiger partial charge in [-0.15, -0.1) is 0 Å². The molecule has 0 saturated heterocycles. The first-order valence-electron chi connectivity index (χ1n) is 6.58. The second-order valence-electron chi connectivity index (χ2n) is 4.77. The van der Waals surface area contributed by atoms with E-state index in [1.165, 1.54) is 18.2 Å². The summed E-state index contributed by atoms with van der Waals surface area (Å²) in [6, 6.07) is 9.10. The molecule has 0 aliphatic rings. The van der Waals surface area contributed by atoms with Gasteiger partial charge in [-0.1, -0.05) is 29.3 Å². The lowest BCUT2D eigenvalue weighted by atomic mass is 10.2. The van der Waals surface area contributed by atoms with E-state index in [-0.39, 0.29) is 16.3 Å². The monoisotopic (exact) mass is 353 g/mol. The highest BCUT2D eigenvalue weighted by atomic mass is 35.5. The Morgan fingerprint density at radius 3 is 2.61 bits per heavy atom. The van der Waals surface area contributed by atoms with Crippen molar-refractivity contribution in [2.45, 2.75) is 6.92 Å². The molecule has 2 rings (SSSR count). The summed E-state index contributed by atoms with van der Waals surface area (Å²) in [6.45, 7) is 1.35. The van der Waals surface area contributed by atoms with Gasteiger partial charge in [0, 0.05) is 5.02 Å². The molecule has 1 amide bonds. The number of halogens is 2. The predicted octanol–water partition coefficient (Wildman–Crippen LogP) is 3.80. The molecule has 0 atom stereocenters. The molecule has 0 unspecified atom stereocenters. The standard InChI is InChI=1S/C16H13Cl2NO4/c1-9-2-4-13(12(18)6-9)19-15(21)8-23-16(22)11-7-10(17)3-5-14(11)20/h2-7,20H,8H2,1H3,(H,19,21). The number of hydrogen-bond acceptors (Lipinski definition) is 4. The molecule has 2 aromatic rings. The summed E-state index contributed by atoms with van der Waals surface area (Å²) in [5, 5.41) is 12.8. The Morgan fingerprint density at radius 2 is 1.91 bits per heavy atom. The summed E-state index contributed by atoms with van der Waals surface area (Å²) >= 11 is 11.7. The highest BCUT2D eigenvalue weighted by Gasteiger charge is 2.15. The maximum Gasteiger partial charge on any atom is 0.342 e. The van der Waals surface area contributed by atoms with Crippen LogP contribution in [0.15, 0.2) is 36.4 Å². The molecule has 23 heavy (non-hydrogen) atoms. The summed E-state index contributed by atoms with van der Waals surface area (Å²) in [5.41, 5.74) is 1.26. The van der Waals surface area contributed by atoms with Crippen molar-refractivity contribution >= 4 is 40.8 Å². The van der Waals surface area contributed by atoms with Crippen LogP contribution in [0.3, 0.4) is 0 Å². The van der Waals surface area contributed by atoms with Crippen LogP contribution in [-0.2, 0) is 9.53 Å². The molecule has 0 saturated carbocycles. The molecular weight excluding hydrogens is 341 g/mol. The predicted molar refractivity (Wildman–Crippen MR) is 88.2 cm³/mol. The van der Waals surface area contributed by atoms with E-state index in [0.29, 0.717) is 10.7 Å². The minimum absolute atomic E-state index is 0.112. The van der Waals surface area contributed by atoms with Crippen molar-refractivity contribution in [2.24, 2.45) is 0 Å². The summed E-state index contributed by atoms with van der Waals surface area (Å²) in [5.74, 6) is -1.68. The Bertz CT molecular complexity index is 762. The largest absolute Gasteiger partial charge is 0.507 e. The first kappa shape index (κ1) is 17.1. The van der Waals surface area contributed by atoms with E-state index < -0.39 is 18.5 Å². The van der Waals surface area contributed by atoms with Gasteiger partial charge in [-0.3, -0.25) is 4.79 Å². The molecule has 120 valence electrons. The normalized spacial score (nSPS) is 10.2. The van der Waals surface area contributed by atoms with Gasteiger partial charge in [0.1, 0.15) is 11.3 Å². The molecule has 2 N–H and O–H groups in total. The van der Waals surface area contributed by atoms with Crippen LogP contribution in [-0.4, -0.2) is 23.6 Å². The molecule has 5 nitrogen and oxygen atoms in total. The molecule has 0 heterocycles. The number of aromatic hydroxyl groups is 1. The van der Waals surface area contributed by atoms with E-state index in [1.54, 1.807) is 18.2 Å². The zero-order valence-electron chi connectivity index (χ0n) is 12.1. The highest BCUT2D eigenvalue weighted by molar-refractivity contribution is 6.33. The molecule has 0 aliphatic carbocycles. The number of aryl methyl sites for hydroxylation is 1. The number of nitrogens with one attached hydrogen (secondary N) is 1. The van der Waals surface area contributed by atoms with Crippen LogP contribution < -0.4 is 5.32 Å². The Labute approximate surface area is 142 Å². The number of hydrogen-bond donors (Lipinski definition) is 2. The summed E-state index contributed by atoms with van der Waals surface area (Å²) in [7, 11) is 0. The third-order valence-corrected chi connectivity index (χ3v) is 3.46. The van der Waals surface area contributed by atoms with Crippen molar-refractivity contribution in [2.75, 3.05) is 11.9 Å². The minimum atomic E-state index is -0.852. The summed E-state index contributed by atoms with van der Waals surface area (Å²) in [6.07, 6.45) is 0. The lowest BCUT2D eigenvalue weighted by molar-refractivity contribution is -0.119. The number of benzene rings is 2. The van der Waals surface area contributed by atoms with Gasteiger partial charge in [0.05, 0.1) is 10.7 Å². The summed E-state index contributed by atoms with van der Waals surface area (Å²) < 4.78 is 4.85. The maximum absolute atomic E-state index is 11.8. The Balaban J connectivity index is 1.96. The number of rotatable bonds is 4. The molecule has 2 aromatic carbocycles. The fraction of sp³-hybridized carbons (Fsp3) is 0.125. The van der Waals surface area contributed by atoms with E-state index in [0.717, 1.165) is 5.56 Å². The lowest BCUT2D eigenvalue weighted by Crippen LogP contribution is -2.21. The minimum Gasteiger partial charge on any atom is -0.507 e. The molecule has 0 spiro atoms. The average Bonchev–Trinajstić information content (AvgIpc) is 2.50. The third kappa shape index (κ3) is 4.61. The Hall–Kier alpha value is -2.24. The average molecular weight is 354 g/mol. The lowest BCUT2D eigenvalue weighted by Gasteiger charge is -2.09. The van der Waals surface area contributed by atoms with Crippen molar-refractivity contribution in [3.8, 4) is 5.75 Å². The van der Waals surface area contributed by atoms with Gasteiger partial charge in [0.25, 0.3) is 5.91 Å². The molecular formula is C16H13Cl2NO4. The second-order valence-corrected chi connectivity index (χ2v) is 5.61. The zero-order chi connectivity index (χ0) is 17.0. The first-order chi connectivity index (χ1) is 10.9. The topological polar surface area (TPSA) is 75.6 Å². The van der Waals surface area contributed by atoms with Gasteiger partial charge in [0.2, 0.25) is 0 Å². The zero-order valence-corrected chi connectivity index (χ0v) is 13.6. The Kier molecular flexibility index (Phi) is 5.47. The van der Waals surface area contributed by atoms with Crippen LogP contribution in [0.25, 0.3) is 0 Å². The van der Waals surface area contributed by atoms with Gasteiger partial charge < -0.3 is 15.2 Å². The van der Waals surface area contributed by atoms with E-state index in [1.807, 2.05) is 6.92 Å². The quantitative estimate of drug-likeness (QED) is 0.819. The van der Waals surface area contributed by atoms with Gasteiger partial charge in [-0.25, -0.2) is 4.79 Å². The molecule has 0 fully saturated rings. The van der Waals surface area contributed by atoms with Crippen LogP contribution in [0.2, 0.25) is 10.0 Å². The van der Waals surface area contributed by atoms with E-state index in [2.05, 4.69) is 5.32 Å². The molecule has 0 radical (unpaired) electrons. The number of carbonyl (C=O) groups is 2. The number of anilines is 1. The van der Waals surface area contributed by atoms with Crippen LogP contribution in [0, 0.1) is 6.92 Å². The summed E-state index contributed by atoms with van der Waals surface area (Å²) in [4.78, 5) is 23.6. The number of phenolic OH excluding ortho intramolecular Hbond substituents is 1. The van der Waals surface area contributed by atoms with Crippen molar-refractivity contribution in [1.29, 1.82) is 0 Å². The Morgan fingerprint density at radius 1 is 1.17 bits per heavy atom. The van der Waals surface area contributed by atoms with Crippen molar-refractivity contribution in [3.05, 3.63) is 57.6 Å². The maximum atomic E-state index is 11.8. The fourth-order valence-electron chi connectivity index (χ4n) is 1.79. The van der Waals surface area contributed by atoms with E-state index in [9.17, 15) is 14.7 Å². The van der Waals surface area contributed by atoms with Gasteiger partial charge in [0.15, 0.2) is 6.61 Å². The third-order valence-electron chi connectivity index (χ3n) is 2.91. The highest BCUT2D eigenvalue weighted by Crippen LogP contribution is 2.23. The fourth-order valence-corrected chi connectivity index (χ4v) is 2.24. The number of carbonyl (C=O) groups excluding carboxylic acids is 2. The van der Waals surface area contributed by atoms with Crippen molar-refractivity contribution in [3.63, 3.8) is 0 Å². The number of phenols is 1.